The predicted octanol–water partition coefficient (Wildman–Crippen LogP) is 4.10. The fourth-order valence-electron chi connectivity index (χ4n) is 1.71. The number of nitro groups is 1. The summed E-state index contributed by atoms with van der Waals surface area (Å²) in [5.41, 5.74) is 0.913. The number of nitrogens with one attached hydrogen (secondary N) is 1. The van der Waals surface area contributed by atoms with Crippen LogP contribution in [-0.4, -0.2) is 9.91 Å². The molecular weight excluding hydrogens is 293 g/mol. The highest BCUT2D eigenvalue weighted by Gasteiger charge is 2.18. The molecule has 1 aromatic carbocycles. The number of benzene rings is 1. The molecule has 0 bridgehead atoms. The van der Waals surface area contributed by atoms with E-state index in [0.29, 0.717) is 12.2 Å². The molecule has 0 aliphatic carbocycles. The van der Waals surface area contributed by atoms with Crippen molar-refractivity contribution in [2.45, 2.75) is 32.7 Å². The molecule has 0 amide bonds. The number of rotatable bonds is 4. The Balaban J connectivity index is 2.10. The lowest BCUT2D eigenvalue weighted by Gasteiger charge is -2.13. The SMILES string of the molecule is CC(C)(C)c1nc(CNc2cc(F)cc([N+](=O)[O-])c2)cs1. The summed E-state index contributed by atoms with van der Waals surface area (Å²) in [5, 5.41) is 16.6. The highest BCUT2D eigenvalue weighted by Crippen LogP contribution is 2.26. The molecule has 0 aliphatic rings. The van der Waals surface area contributed by atoms with Crippen LogP contribution in [0.4, 0.5) is 15.8 Å². The molecule has 1 heterocycles. The van der Waals surface area contributed by atoms with Gasteiger partial charge in [0.15, 0.2) is 0 Å². The van der Waals surface area contributed by atoms with Gasteiger partial charge in [-0.3, -0.25) is 10.1 Å². The molecule has 0 unspecified atom stereocenters. The summed E-state index contributed by atoms with van der Waals surface area (Å²) >= 11 is 1.57. The highest BCUT2D eigenvalue weighted by atomic mass is 32.1. The molecule has 0 fully saturated rings. The van der Waals surface area contributed by atoms with E-state index in [4.69, 9.17) is 0 Å². The van der Waals surface area contributed by atoms with E-state index in [1.54, 1.807) is 11.3 Å². The van der Waals surface area contributed by atoms with Crippen LogP contribution in [0.25, 0.3) is 0 Å². The number of halogens is 1. The fraction of sp³-hybridized carbons (Fsp3) is 0.357. The minimum absolute atomic E-state index is 0.0133. The molecule has 2 aromatic rings. The number of thiazole rings is 1. The van der Waals surface area contributed by atoms with Gasteiger partial charge in [0.1, 0.15) is 5.82 Å². The number of nitro benzene ring substituents is 1. The second kappa shape index (κ2) is 5.77. The third-order valence-corrected chi connectivity index (χ3v) is 4.08. The Bertz CT molecular complexity index is 664. The Labute approximate surface area is 126 Å². The number of non-ortho nitro benzene ring substituents is 1. The van der Waals surface area contributed by atoms with Gasteiger partial charge < -0.3 is 5.32 Å². The van der Waals surface area contributed by atoms with Gasteiger partial charge in [-0.15, -0.1) is 11.3 Å². The van der Waals surface area contributed by atoms with Gasteiger partial charge in [0.25, 0.3) is 5.69 Å². The van der Waals surface area contributed by atoms with Crippen LogP contribution < -0.4 is 5.32 Å². The zero-order valence-corrected chi connectivity index (χ0v) is 12.8. The summed E-state index contributed by atoms with van der Waals surface area (Å²) in [4.78, 5) is 14.6. The van der Waals surface area contributed by atoms with Crippen molar-refractivity contribution in [2.75, 3.05) is 5.32 Å². The smallest absolute Gasteiger partial charge is 0.274 e. The molecule has 5 nitrogen and oxygen atoms in total. The highest BCUT2D eigenvalue weighted by molar-refractivity contribution is 7.09. The van der Waals surface area contributed by atoms with Crippen molar-refractivity contribution < 1.29 is 9.31 Å². The average molecular weight is 309 g/mol. The quantitative estimate of drug-likeness (QED) is 0.682. The summed E-state index contributed by atoms with van der Waals surface area (Å²) in [6.45, 7) is 6.64. The topological polar surface area (TPSA) is 68.1 Å². The summed E-state index contributed by atoms with van der Waals surface area (Å²) in [6, 6.07) is 3.43. The van der Waals surface area contributed by atoms with Crippen molar-refractivity contribution in [3.63, 3.8) is 0 Å². The molecule has 0 saturated carbocycles. The first-order valence-electron chi connectivity index (χ1n) is 6.39. The second-order valence-electron chi connectivity index (χ2n) is 5.70. The second-order valence-corrected chi connectivity index (χ2v) is 6.56. The Morgan fingerprint density at radius 3 is 2.67 bits per heavy atom. The summed E-state index contributed by atoms with van der Waals surface area (Å²) in [5.74, 6) is -0.639. The average Bonchev–Trinajstić information content (AvgIpc) is 2.84. The maximum absolute atomic E-state index is 13.3. The fourth-order valence-corrected chi connectivity index (χ4v) is 2.61. The monoisotopic (exact) mass is 309 g/mol. The van der Waals surface area contributed by atoms with Crippen LogP contribution in [0.15, 0.2) is 23.6 Å². The zero-order chi connectivity index (χ0) is 15.6. The molecular formula is C14H16FN3O2S. The van der Waals surface area contributed by atoms with Gasteiger partial charge in [-0.1, -0.05) is 20.8 Å². The molecule has 2 rings (SSSR count). The van der Waals surface area contributed by atoms with Crippen LogP contribution in [0, 0.1) is 15.9 Å². The molecule has 0 aliphatic heterocycles. The molecule has 112 valence electrons. The van der Waals surface area contributed by atoms with Crippen LogP contribution in [-0.2, 0) is 12.0 Å². The lowest BCUT2D eigenvalue weighted by Crippen LogP contribution is -2.11. The van der Waals surface area contributed by atoms with E-state index in [0.717, 1.165) is 16.8 Å². The third kappa shape index (κ3) is 3.98. The Morgan fingerprint density at radius 2 is 2.10 bits per heavy atom. The molecule has 0 saturated heterocycles. The van der Waals surface area contributed by atoms with E-state index in [1.807, 2.05) is 5.38 Å². The molecule has 1 N–H and O–H groups in total. The summed E-state index contributed by atoms with van der Waals surface area (Å²) in [7, 11) is 0. The van der Waals surface area contributed by atoms with Gasteiger partial charge in [0.05, 0.1) is 28.2 Å². The van der Waals surface area contributed by atoms with E-state index in [-0.39, 0.29) is 11.1 Å². The van der Waals surface area contributed by atoms with Crippen molar-refractivity contribution in [3.05, 3.63) is 50.2 Å². The van der Waals surface area contributed by atoms with Crippen LogP contribution in [0.2, 0.25) is 0 Å². The number of aromatic nitrogens is 1. The summed E-state index contributed by atoms with van der Waals surface area (Å²) < 4.78 is 13.3. The van der Waals surface area contributed by atoms with Crippen molar-refractivity contribution in [1.29, 1.82) is 0 Å². The minimum Gasteiger partial charge on any atom is -0.379 e. The lowest BCUT2D eigenvalue weighted by atomic mass is 9.98. The zero-order valence-electron chi connectivity index (χ0n) is 12.0. The van der Waals surface area contributed by atoms with Crippen LogP contribution in [0.5, 0.6) is 0 Å². The number of nitrogens with zero attached hydrogens (tertiary/aromatic N) is 2. The van der Waals surface area contributed by atoms with Gasteiger partial charge in [0.2, 0.25) is 0 Å². The number of hydrogen-bond donors (Lipinski definition) is 1. The molecule has 0 radical (unpaired) electrons. The molecule has 1 aromatic heterocycles. The van der Waals surface area contributed by atoms with Crippen molar-refractivity contribution >= 4 is 22.7 Å². The first-order valence-corrected chi connectivity index (χ1v) is 7.27. The molecule has 7 heteroatoms. The first kappa shape index (κ1) is 15.4. The van der Waals surface area contributed by atoms with E-state index >= 15 is 0 Å². The Kier molecular flexibility index (Phi) is 4.22. The van der Waals surface area contributed by atoms with Crippen molar-refractivity contribution in [3.8, 4) is 0 Å². The molecule has 21 heavy (non-hydrogen) atoms. The predicted molar refractivity (Wildman–Crippen MR) is 81.2 cm³/mol. The van der Waals surface area contributed by atoms with Crippen molar-refractivity contribution in [1.82, 2.24) is 4.98 Å². The van der Waals surface area contributed by atoms with E-state index in [9.17, 15) is 14.5 Å². The van der Waals surface area contributed by atoms with E-state index in [1.165, 1.54) is 12.1 Å². The van der Waals surface area contributed by atoms with E-state index in [2.05, 4.69) is 31.1 Å². The first-order chi connectivity index (χ1) is 9.75. The third-order valence-electron chi connectivity index (χ3n) is 2.76. The Morgan fingerprint density at radius 1 is 1.38 bits per heavy atom. The van der Waals surface area contributed by atoms with Gasteiger partial charge in [-0.2, -0.15) is 0 Å². The van der Waals surface area contributed by atoms with Crippen molar-refractivity contribution in [2.24, 2.45) is 0 Å². The van der Waals surface area contributed by atoms with E-state index < -0.39 is 10.7 Å². The van der Waals surface area contributed by atoms with Gasteiger partial charge in [-0.05, 0) is 6.07 Å². The van der Waals surface area contributed by atoms with Crippen LogP contribution >= 0.6 is 11.3 Å². The molecule has 0 atom stereocenters. The maximum atomic E-state index is 13.3. The largest absolute Gasteiger partial charge is 0.379 e. The molecule has 0 spiro atoms. The Hall–Kier alpha value is -2.02. The number of hydrogen-bond acceptors (Lipinski definition) is 5. The standard InChI is InChI=1S/C14H16FN3O2S/c1-14(2,3)13-17-11(8-21-13)7-16-10-4-9(15)5-12(6-10)18(19)20/h4-6,8,16H,7H2,1-3H3. The summed E-state index contributed by atoms with van der Waals surface area (Å²) in [6.07, 6.45) is 0. The van der Waals surface area contributed by atoms with Crippen LogP contribution in [0.3, 0.4) is 0 Å². The normalized spacial score (nSPS) is 11.4. The van der Waals surface area contributed by atoms with Gasteiger partial charge in [-0.25, -0.2) is 9.37 Å². The maximum Gasteiger partial charge on any atom is 0.274 e. The minimum atomic E-state index is -0.639. The van der Waals surface area contributed by atoms with Gasteiger partial charge >= 0.3 is 0 Å². The van der Waals surface area contributed by atoms with Crippen LogP contribution in [0.1, 0.15) is 31.5 Å². The number of anilines is 1. The lowest BCUT2D eigenvalue weighted by molar-refractivity contribution is -0.385. The van der Waals surface area contributed by atoms with Gasteiger partial charge in [0, 0.05) is 22.5 Å².